The number of ether oxygens (including phenoxy) is 2. The van der Waals surface area contributed by atoms with Gasteiger partial charge in [-0.05, 0) is 26.3 Å². The summed E-state index contributed by atoms with van der Waals surface area (Å²) >= 11 is 11.5. The fourth-order valence-electron chi connectivity index (χ4n) is 2.11. The monoisotopic (exact) mass is 377 g/mol. The predicted molar refractivity (Wildman–Crippen MR) is 88.2 cm³/mol. The first-order chi connectivity index (χ1) is 11.2. The summed E-state index contributed by atoms with van der Waals surface area (Å²) in [6, 6.07) is 3.79. The zero-order valence-corrected chi connectivity index (χ0v) is 14.9. The number of carbonyl (C=O) groups excluding carboxylic acids is 2. The maximum atomic E-state index is 12.4. The highest BCUT2D eigenvalue weighted by Crippen LogP contribution is 2.37. The summed E-state index contributed by atoms with van der Waals surface area (Å²) < 4.78 is 9.85. The number of rotatable bonds is 7. The van der Waals surface area contributed by atoms with Crippen molar-refractivity contribution in [1.82, 2.24) is 0 Å². The predicted octanol–water partition coefficient (Wildman–Crippen LogP) is 3.45. The second kappa shape index (κ2) is 8.30. The first-order valence-corrected chi connectivity index (χ1v) is 7.98. The number of esters is 2. The summed E-state index contributed by atoms with van der Waals surface area (Å²) in [5.41, 5.74) is -2.34. The van der Waals surface area contributed by atoms with E-state index in [4.69, 9.17) is 32.7 Å². The molecule has 0 N–H and O–H groups in total. The van der Waals surface area contributed by atoms with Gasteiger partial charge in [0.2, 0.25) is 0 Å². The lowest BCUT2D eigenvalue weighted by atomic mass is 9.81. The Balaban J connectivity index is 3.61. The summed E-state index contributed by atoms with van der Waals surface area (Å²) in [7, 11) is 0. The molecule has 0 atom stereocenters. The molecule has 0 unspecified atom stereocenters. The summed E-state index contributed by atoms with van der Waals surface area (Å²) in [5, 5.41) is 11.4. The summed E-state index contributed by atoms with van der Waals surface area (Å²) in [4.78, 5) is 34.5. The average Bonchev–Trinajstić information content (AvgIpc) is 2.53. The Labute approximate surface area is 149 Å². The van der Waals surface area contributed by atoms with Crippen LogP contribution in [0.25, 0.3) is 0 Å². The molecule has 9 heteroatoms. The Morgan fingerprint density at radius 2 is 1.71 bits per heavy atom. The van der Waals surface area contributed by atoms with Crippen molar-refractivity contribution in [2.45, 2.75) is 31.0 Å². The highest BCUT2D eigenvalue weighted by atomic mass is 35.5. The molecule has 0 spiro atoms. The molecule has 0 bridgehead atoms. The maximum absolute atomic E-state index is 12.4. The highest BCUT2D eigenvalue weighted by Gasteiger charge is 2.50. The largest absolute Gasteiger partial charge is 0.465 e. The van der Waals surface area contributed by atoms with Crippen molar-refractivity contribution in [2.24, 2.45) is 0 Å². The number of nitro benzene ring substituents is 1. The zero-order valence-electron chi connectivity index (χ0n) is 13.4. The lowest BCUT2D eigenvalue weighted by molar-refractivity contribution is -0.386. The molecule has 7 nitrogen and oxygen atoms in total. The molecule has 0 saturated carbocycles. The third-order valence-corrected chi connectivity index (χ3v) is 3.88. The lowest BCUT2D eigenvalue weighted by Crippen LogP contribution is -2.44. The molecule has 0 aliphatic heterocycles. The normalized spacial score (nSPS) is 11.2. The minimum absolute atomic E-state index is 0.00510. The number of hydrogen-bond acceptors (Lipinski definition) is 6. The molecule has 0 amide bonds. The summed E-state index contributed by atoms with van der Waals surface area (Å²) in [5.74, 6) is -1.87. The van der Waals surface area contributed by atoms with Gasteiger partial charge in [0.05, 0.1) is 23.7 Å². The standard InChI is InChI=1S/C15H17Cl2NO6/c1-4-23-13(19)15(3,14(20)24-5-2)10-7-6-9(12(16)17)8-11(10)18(21)22/h6-8,12H,4-5H2,1-3H3. The van der Waals surface area contributed by atoms with Gasteiger partial charge in [-0.2, -0.15) is 0 Å². The van der Waals surface area contributed by atoms with Gasteiger partial charge >= 0.3 is 11.9 Å². The third kappa shape index (κ3) is 3.96. The summed E-state index contributed by atoms with van der Waals surface area (Å²) in [6.07, 6.45) is 0. The Morgan fingerprint density at radius 3 is 2.08 bits per heavy atom. The molecule has 1 aromatic rings. The van der Waals surface area contributed by atoms with Gasteiger partial charge in [-0.1, -0.05) is 12.1 Å². The van der Waals surface area contributed by atoms with E-state index in [2.05, 4.69) is 0 Å². The van der Waals surface area contributed by atoms with Crippen molar-refractivity contribution in [2.75, 3.05) is 13.2 Å². The number of nitrogens with zero attached hydrogens (tertiary/aromatic N) is 1. The van der Waals surface area contributed by atoms with Crippen LogP contribution < -0.4 is 0 Å². The SMILES string of the molecule is CCOC(=O)C(C)(C(=O)OCC)c1ccc(C(Cl)Cl)cc1[N+](=O)[O-]. The van der Waals surface area contributed by atoms with E-state index < -0.39 is 32.8 Å². The van der Waals surface area contributed by atoms with Crippen molar-refractivity contribution in [3.8, 4) is 0 Å². The van der Waals surface area contributed by atoms with Gasteiger partial charge < -0.3 is 9.47 Å². The van der Waals surface area contributed by atoms with Crippen LogP contribution in [0.5, 0.6) is 0 Å². The van der Waals surface area contributed by atoms with E-state index in [1.807, 2.05) is 0 Å². The number of halogens is 2. The quantitative estimate of drug-likeness (QED) is 0.237. The lowest BCUT2D eigenvalue weighted by Gasteiger charge is -2.25. The van der Waals surface area contributed by atoms with Gasteiger partial charge in [0.1, 0.15) is 4.84 Å². The molecule has 1 rings (SSSR count). The number of benzene rings is 1. The van der Waals surface area contributed by atoms with Gasteiger partial charge in [-0.25, -0.2) is 0 Å². The van der Waals surface area contributed by atoms with E-state index in [0.29, 0.717) is 0 Å². The molecular formula is C15H17Cl2NO6. The van der Waals surface area contributed by atoms with Gasteiger partial charge in [0.15, 0.2) is 5.41 Å². The Hall–Kier alpha value is -1.86. The van der Waals surface area contributed by atoms with E-state index in [1.165, 1.54) is 19.1 Å². The molecule has 0 fully saturated rings. The topological polar surface area (TPSA) is 95.7 Å². The van der Waals surface area contributed by atoms with Crippen LogP contribution in [-0.4, -0.2) is 30.1 Å². The fraction of sp³-hybridized carbons (Fsp3) is 0.467. The molecule has 24 heavy (non-hydrogen) atoms. The van der Waals surface area contributed by atoms with Crippen LogP contribution >= 0.6 is 23.2 Å². The van der Waals surface area contributed by atoms with Gasteiger partial charge in [0, 0.05) is 6.07 Å². The number of alkyl halides is 2. The first-order valence-electron chi connectivity index (χ1n) is 7.11. The van der Waals surface area contributed by atoms with E-state index in [1.54, 1.807) is 13.8 Å². The van der Waals surface area contributed by atoms with Crippen LogP contribution in [0.3, 0.4) is 0 Å². The second-order valence-corrected chi connectivity index (χ2v) is 6.00. The Bertz CT molecular complexity index is 629. The van der Waals surface area contributed by atoms with Crippen molar-refractivity contribution in [1.29, 1.82) is 0 Å². The highest BCUT2D eigenvalue weighted by molar-refractivity contribution is 6.44. The Morgan fingerprint density at radius 1 is 1.21 bits per heavy atom. The molecule has 0 heterocycles. The third-order valence-electron chi connectivity index (χ3n) is 3.38. The van der Waals surface area contributed by atoms with Gasteiger partial charge in [-0.3, -0.25) is 19.7 Å². The van der Waals surface area contributed by atoms with Crippen LogP contribution in [0.2, 0.25) is 0 Å². The van der Waals surface area contributed by atoms with Crippen LogP contribution in [0.15, 0.2) is 18.2 Å². The minimum atomic E-state index is -1.99. The molecular weight excluding hydrogens is 361 g/mol. The molecule has 0 aromatic heterocycles. The smallest absolute Gasteiger partial charge is 0.328 e. The summed E-state index contributed by atoms with van der Waals surface area (Å²) in [6.45, 7) is 4.36. The van der Waals surface area contributed by atoms with Crippen LogP contribution in [0, 0.1) is 10.1 Å². The second-order valence-electron chi connectivity index (χ2n) is 4.90. The fourth-order valence-corrected chi connectivity index (χ4v) is 2.38. The van der Waals surface area contributed by atoms with Crippen LogP contribution in [-0.2, 0) is 24.5 Å². The molecule has 1 aromatic carbocycles. The molecule has 132 valence electrons. The Kier molecular flexibility index (Phi) is 6.98. The minimum Gasteiger partial charge on any atom is -0.465 e. The maximum Gasteiger partial charge on any atom is 0.328 e. The molecule has 0 radical (unpaired) electrons. The average molecular weight is 378 g/mol. The van der Waals surface area contributed by atoms with E-state index in [9.17, 15) is 19.7 Å². The van der Waals surface area contributed by atoms with E-state index in [0.717, 1.165) is 6.07 Å². The molecule has 0 aliphatic rings. The zero-order chi connectivity index (χ0) is 18.5. The molecule has 0 aliphatic carbocycles. The van der Waals surface area contributed by atoms with Crippen molar-refractivity contribution in [3.63, 3.8) is 0 Å². The van der Waals surface area contributed by atoms with Crippen LogP contribution in [0.1, 0.15) is 36.7 Å². The van der Waals surface area contributed by atoms with E-state index in [-0.39, 0.29) is 24.3 Å². The molecule has 0 saturated heterocycles. The van der Waals surface area contributed by atoms with Crippen molar-refractivity contribution < 1.29 is 24.0 Å². The number of hydrogen-bond donors (Lipinski definition) is 0. The van der Waals surface area contributed by atoms with Crippen LogP contribution in [0.4, 0.5) is 5.69 Å². The van der Waals surface area contributed by atoms with Gasteiger partial charge in [0.25, 0.3) is 5.69 Å². The number of nitro groups is 1. The number of carbonyl (C=O) groups is 2. The van der Waals surface area contributed by atoms with Crippen molar-refractivity contribution >= 4 is 40.8 Å². The first kappa shape index (κ1) is 20.2. The van der Waals surface area contributed by atoms with Gasteiger partial charge in [-0.15, -0.1) is 23.2 Å². The van der Waals surface area contributed by atoms with E-state index >= 15 is 0 Å². The van der Waals surface area contributed by atoms with Crippen molar-refractivity contribution in [3.05, 3.63) is 39.4 Å².